The second-order valence-electron chi connectivity index (χ2n) is 9.79. The molecule has 3 aliphatic rings. The maximum Gasteiger partial charge on any atom is 0.324 e. The number of likely N-dealkylation sites (tertiary alicyclic amines) is 1. The number of carbonyl (C=O) groups excluding carboxylic acids is 2. The van der Waals surface area contributed by atoms with Gasteiger partial charge in [0, 0.05) is 50.0 Å². The van der Waals surface area contributed by atoms with E-state index in [1.165, 1.54) is 12.5 Å². The molecule has 10 heteroatoms. The smallest absolute Gasteiger partial charge is 0.324 e. The van der Waals surface area contributed by atoms with Crippen molar-refractivity contribution in [3.63, 3.8) is 0 Å². The van der Waals surface area contributed by atoms with Crippen molar-refractivity contribution in [3.8, 4) is 11.3 Å². The van der Waals surface area contributed by atoms with Gasteiger partial charge in [-0.15, -0.1) is 0 Å². The molecule has 0 bridgehead atoms. The van der Waals surface area contributed by atoms with Gasteiger partial charge in [-0.1, -0.05) is 6.07 Å². The number of carbonyl (C=O) groups is 2. The standard InChI is InChI=1S/C26H29N7O3/c1-15(34)25(35)32-9-7-19(8-10-32)33-24-18(14-31(2)26(33)36)12-27-22-6-5-20(29-23(22)24)16-3-4-21-17(11-16)13-28-30-21/h3-6,11-12,15,19,28,30,34H,7-10,13-14H2,1-2H3/t15-/m1/s1. The molecule has 1 saturated heterocycles. The maximum absolute atomic E-state index is 13.5. The third-order valence-electron chi connectivity index (χ3n) is 7.34. The van der Waals surface area contributed by atoms with E-state index < -0.39 is 6.10 Å². The van der Waals surface area contributed by atoms with Crippen LogP contribution in [0, 0.1) is 0 Å². The summed E-state index contributed by atoms with van der Waals surface area (Å²) >= 11 is 0. The van der Waals surface area contributed by atoms with Gasteiger partial charge < -0.3 is 20.3 Å². The molecular weight excluding hydrogens is 458 g/mol. The number of piperidine rings is 1. The quantitative estimate of drug-likeness (QED) is 0.520. The number of hydrazine groups is 1. The molecule has 10 nitrogen and oxygen atoms in total. The summed E-state index contributed by atoms with van der Waals surface area (Å²) in [6.07, 6.45) is 2.08. The minimum absolute atomic E-state index is 0.0721. The molecular formula is C26H29N7O3. The van der Waals surface area contributed by atoms with Gasteiger partial charge in [0.05, 0.1) is 29.1 Å². The van der Waals surface area contributed by atoms with Crippen molar-refractivity contribution in [1.29, 1.82) is 0 Å². The second kappa shape index (κ2) is 8.72. The zero-order chi connectivity index (χ0) is 25.0. The predicted octanol–water partition coefficient (Wildman–Crippen LogP) is 2.47. The Kier molecular flexibility index (Phi) is 5.50. The molecule has 0 unspecified atom stereocenters. The first-order valence-corrected chi connectivity index (χ1v) is 12.3. The monoisotopic (exact) mass is 487 g/mol. The average Bonchev–Trinajstić information content (AvgIpc) is 3.37. The van der Waals surface area contributed by atoms with Gasteiger partial charge in [0.15, 0.2) is 0 Å². The minimum Gasteiger partial charge on any atom is -0.384 e. The SMILES string of the molecule is C[C@@H](O)C(=O)N1CCC(N2C(=O)N(C)Cc3cnc4ccc(-c5ccc6c(c5)CNN6)nc4c32)CC1. The summed E-state index contributed by atoms with van der Waals surface area (Å²) in [6, 6.07) is 10.0. The van der Waals surface area contributed by atoms with E-state index in [0.29, 0.717) is 38.0 Å². The number of benzene rings is 1. The van der Waals surface area contributed by atoms with Crippen molar-refractivity contribution in [2.45, 2.75) is 45.0 Å². The predicted molar refractivity (Wildman–Crippen MR) is 136 cm³/mol. The van der Waals surface area contributed by atoms with E-state index in [1.54, 1.807) is 16.8 Å². The molecule has 0 saturated carbocycles. The summed E-state index contributed by atoms with van der Waals surface area (Å²) in [7, 11) is 1.80. The lowest BCUT2D eigenvalue weighted by atomic mass is 9.99. The molecule has 0 radical (unpaired) electrons. The molecule has 186 valence electrons. The van der Waals surface area contributed by atoms with Crippen molar-refractivity contribution in [3.05, 3.63) is 47.7 Å². The van der Waals surface area contributed by atoms with Crippen molar-refractivity contribution >= 4 is 34.3 Å². The lowest BCUT2D eigenvalue weighted by Gasteiger charge is -2.43. The number of hydrogen-bond acceptors (Lipinski definition) is 7. The van der Waals surface area contributed by atoms with Crippen LogP contribution in [0.15, 0.2) is 36.5 Å². The fraction of sp³-hybridized carbons (Fsp3) is 0.385. The summed E-state index contributed by atoms with van der Waals surface area (Å²) in [4.78, 5) is 40.7. The van der Waals surface area contributed by atoms with E-state index in [9.17, 15) is 14.7 Å². The second-order valence-corrected chi connectivity index (χ2v) is 9.79. The molecule has 1 atom stereocenters. The van der Waals surface area contributed by atoms with E-state index in [1.807, 2.05) is 35.4 Å². The first-order chi connectivity index (χ1) is 17.4. The summed E-state index contributed by atoms with van der Waals surface area (Å²) in [5, 5.41) is 9.70. The van der Waals surface area contributed by atoms with Gasteiger partial charge in [-0.2, -0.15) is 0 Å². The fourth-order valence-corrected chi connectivity index (χ4v) is 5.44. The Hall–Kier alpha value is -3.76. The number of hydrogen-bond donors (Lipinski definition) is 3. The van der Waals surface area contributed by atoms with Gasteiger partial charge in [0.25, 0.3) is 5.91 Å². The molecule has 5 heterocycles. The van der Waals surface area contributed by atoms with Gasteiger partial charge in [-0.05, 0) is 49.6 Å². The normalized spacial score (nSPS) is 18.8. The Morgan fingerprint density at radius 1 is 1.17 bits per heavy atom. The minimum atomic E-state index is -1.02. The lowest BCUT2D eigenvalue weighted by molar-refractivity contribution is -0.140. The molecule has 0 spiro atoms. The van der Waals surface area contributed by atoms with E-state index >= 15 is 0 Å². The molecule has 2 aromatic heterocycles. The van der Waals surface area contributed by atoms with Crippen LogP contribution in [0.4, 0.5) is 16.2 Å². The molecule has 36 heavy (non-hydrogen) atoms. The van der Waals surface area contributed by atoms with Crippen molar-refractivity contribution < 1.29 is 14.7 Å². The third-order valence-corrected chi connectivity index (χ3v) is 7.34. The number of fused-ring (bicyclic) bond motifs is 4. The summed E-state index contributed by atoms with van der Waals surface area (Å²) in [5.41, 5.74) is 13.6. The Bertz CT molecular complexity index is 1370. The first-order valence-electron chi connectivity index (χ1n) is 12.3. The van der Waals surface area contributed by atoms with Gasteiger partial charge in [0.2, 0.25) is 0 Å². The van der Waals surface area contributed by atoms with Crippen LogP contribution >= 0.6 is 0 Å². The van der Waals surface area contributed by atoms with E-state index in [0.717, 1.165) is 40.3 Å². The number of amides is 3. The van der Waals surface area contributed by atoms with Crippen LogP contribution in [0.1, 0.15) is 30.9 Å². The van der Waals surface area contributed by atoms with Crippen LogP contribution < -0.4 is 15.8 Å². The highest BCUT2D eigenvalue weighted by Crippen LogP contribution is 2.38. The van der Waals surface area contributed by atoms with Crippen molar-refractivity contribution in [1.82, 2.24) is 25.2 Å². The van der Waals surface area contributed by atoms with Gasteiger partial charge in [0.1, 0.15) is 11.6 Å². The number of pyridine rings is 2. The fourth-order valence-electron chi connectivity index (χ4n) is 5.44. The highest BCUT2D eigenvalue weighted by molar-refractivity contribution is 6.04. The van der Waals surface area contributed by atoms with E-state index in [2.05, 4.69) is 21.9 Å². The van der Waals surface area contributed by atoms with Crippen LogP contribution in [-0.2, 0) is 17.9 Å². The zero-order valence-corrected chi connectivity index (χ0v) is 20.4. The van der Waals surface area contributed by atoms with Crippen molar-refractivity contribution in [2.75, 3.05) is 30.5 Å². The number of rotatable bonds is 3. The van der Waals surface area contributed by atoms with Gasteiger partial charge >= 0.3 is 6.03 Å². The molecule has 6 rings (SSSR count). The number of urea groups is 1. The van der Waals surface area contributed by atoms with Crippen LogP contribution in [0.3, 0.4) is 0 Å². The summed E-state index contributed by atoms with van der Waals surface area (Å²) in [6.45, 7) is 3.70. The lowest BCUT2D eigenvalue weighted by Crippen LogP contribution is -2.55. The molecule has 1 aromatic carbocycles. The molecule has 3 amide bonds. The Morgan fingerprint density at radius 3 is 2.75 bits per heavy atom. The average molecular weight is 488 g/mol. The highest BCUT2D eigenvalue weighted by Gasteiger charge is 2.38. The summed E-state index contributed by atoms with van der Waals surface area (Å²) < 4.78 is 0. The highest BCUT2D eigenvalue weighted by atomic mass is 16.3. The van der Waals surface area contributed by atoms with Crippen LogP contribution in [-0.4, -0.2) is 69.1 Å². The number of nitrogens with zero attached hydrogens (tertiary/aromatic N) is 5. The zero-order valence-electron chi connectivity index (χ0n) is 20.4. The molecule has 1 fully saturated rings. The van der Waals surface area contributed by atoms with Crippen LogP contribution in [0.5, 0.6) is 0 Å². The molecule has 3 aromatic rings. The van der Waals surface area contributed by atoms with E-state index in [4.69, 9.17) is 4.98 Å². The number of anilines is 2. The number of nitrogens with one attached hydrogen (secondary N) is 2. The Labute approximate surface area is 208 Å². The topological polar surface area (TPSA) is 114 Å². The molecule has 3 aliphatic heterocycles. The third kappa shape index (κ3) is 3.73. The first kappa shape index (κ1) is 22.7. The number of aliphatic hydroxyl groups is 1. The molecule has 3 N–H and O–H groups in total. The van der Waals surface area contributed by atoms with E-state index in [-0.39, 0.29) is 18.0 Å². The van der Waals surface area contributed by atoms with Crippen LogP contribution in [0.2, 0.25) is 0 Å². The van der Waals surface area contributed by atoms with Crippen LogP contribution in [0.25, 0.3) is 22.3 Å². The van der Waals surface area contributed by atoms with Gasteiger partial charge in [-0.25, -0.2) is 15.2 Å². The number of aliphatic hydroxyl groups excluding tert-OH is 1. The van der Waals surface area contributed by atoms with Crippen molar-refractivity contribution in [2.24, 2.45) is 0 Å². The number of aromatic nitrogens is 2. The Balaban J connectivity index is 1.40. The maximum atomic E-state index is 13.5. The van der Waals surface area contributed by atoms with Gasteiger partial charge in [-0.3, -0.25) is 14.7 Å². The molecule has 0 aliphatic carbocycles. The summed E-state index contributed by atoms with van der Waals surface area (Å²) in [5.74, 6) is -0.267. The Morgan fingerprint density at radius 2 is 1.97 bits per heavy atom. The largest absolute Gasteiger partial charge is 0.384 e.